The second-order valence-corrected chi connectivity index (χ2v) is 3.45. The van der Waals surface area contributed by atoms with Crippen LogP contribution >= 0.6 is 0 Å². The Bertz CT molecular complexity index is 532. The number of ether oxygens (including phenoxy) is 1. The van der Waals surface area contributed by atoms with Crippen molar-refractivity contribution in [2.24, 2.45) is 0 Å². The van der Waals surface area contributed by atoms with Crippen molar-refractivity contribution in [3.8, 4) is 11.5 Å². The lowest BCUT2D eigenvalue weighted by atomic mass is 10.2. The fraction of sp³-hybridized carbons (Fsp3) is 0. The van der Waals surface area contributed by atoms with E-state index < -0.39 is 11.6 Å². The SMILES string of the molecule is C=Cc1ccc(Oc2ccc(F)c(F)c2)cc1. The fourth-order valence-electron chi connectivity index (χ4n) is 1.35. The van der Waals surface area contributed by atoms with Crippen molar-refractivity contribution in [1.29, 1.82) is 0 Å². The van der Waals surface area contributed by atoms with Crippen LogP contribution in [-0.4, -0.2) is 0 Å². The normalized spacial score (nSPS) is 10.0. The Morgan fingerprint density at radius 3 is 2.12 bits per heavy atom. The summed E-state index contributed by atoms with van der Waals surface area (Å²) in [6, 6.07) is 10.5. The van der Waals surface area contributed by atoms with Crippen LogP contribution in [0.2, 0.25) is 0 Å². The van der Waals surface area contributed by atoms with Crippen molar-refractivity contribution in [3.63, 3.8) is 0 Å². The molecule has 0 heterocycles. The average Bonchev–Trinajstić information content (AvgIpc) is 2.35. The molecule has 0 amide bonds. The van der Waals surface area contributed by atoms with Crippen LogP contribution < -0.4 is 4.74 Å². The first-order valence-corrected chi connectivity index (χ1v) is 5.04. The van der Waals surface area contributed by atoms with Crippen LogP contribution in [0, 0.1) is 11.6 Å². The van der Waals surface area contributed by atoms with E-state index in [9.17, 15) is 8.78 Å². The Morgan fingerprint density at radius 1 is 0.882 bits per heavy atom. The van der Waals surface area contributed by atoms with E-state index in [-0.39, 0.29) is 5.75 Å². The first kappa shape index (κ1) is 11.3. The monoisotopic (exact) mass is 232 g/mol. The summed E-state index contributed by atoms with van der Waals surface area (Å²) in [6.07, 6.45) is 1.71. The summed E-state index contributed by atoms with van der Waals surface area (Å²) in [5, 5.41) is 0. The Hall–Kier alpha value is -2.16. The van der Waals surface area contributed by atoms with E-state index >= 15 is 0 Å². The summed E-state index contributed by atoms with van der Waals surface area (Å²) in [7, 11) is 0. The van der Waals surface area contributed by atoms with E-state index in [1.807, 2.05) is 12.1 Å². The van der Waals surface area contributed by atoms with E-state index in [1.165, 1.54) is 6.07 Å². The van der Waals surface area contributed by atoms with Gasteiger partial charge in [0.25, 0.3) is 0 Å². The van der Waals surface area contributed by atoms with Crippen molar-refractivity contribution in [1.82, 2.24) is 0 Å². The molecule has 2 aromatic rings. The second kappa shape index (κ2) is 4.78. The van der Waals surface area contributed by atoms with Gasteiger partial charge in [-0.25, -0.2) is 8.78 Å². The maximum absolute atomic E-state index is 12.9. The molecule has 0 saturated heterocycles. The van der Waals surface area contributed by atoms with Gasteiger partial charge in [-0.15, -0.1) is 0 Å². The van der Waals surface area contributed by atoms with Gasteiger partial charge in [0, 0.05) is 6.07 Å². The van der Waals surface area contributed by atoms with Crippen LogP contribution in [0.15, 0.2) is 49.0 Å². The molecule has 2 rings (SSSR count). The maximum atomic E-state index is 12.9. The minimum absolute atomic E-state index is 0.259. The molecule has 0 N–H and O–H groups in total. The van der Waals surface area contributed by atoms with E-state index in [0.717, 1.165) is 17.7 Å². The maximum Gasteiger partial charge on any atom is 0.162 e. The summed E-state index contributed by atoms with van der Waals surface area (Å²) in [4.78, 5) is 0. The number of hydrogen-bond acceptors (Lipinski definition) is 1. The highest BCUT2D eigenvalue weighted by Gasteiger charge is 2.04. The van der Waals surface area contributed by atoms with Gasteiger partial charge in [-0.1, -0.05) is 24.8 Å². The predicted molar refractivity (Wildman–Crippen MR) is 63.0 cm³/mol. The average molecular weight is 232 g/mol. The van der Waals surface area contributed by atoms with Gasteiger partial charge in [-0.3, -0.25) is 0 Å². The highest BCUT2D eigenvalue weighted by molar-refractivity contribution is 5.48. The lowest BCUT2D eigenvalue weighted by molar-refractivity contribution is 0.461. The van der Waals surface area contributed by atoms with Gasteiger partial charge in [0.05, 0.1) is 0 Å². The number of rotatable bonds is 3. The molecule has 3 heteroatoms. The molecule has 0 spiro atoms. The van der Waals surface area contributed by atoms with Crippen LogP contribution in [0.3, 0.4) is 0 Å². The molecule has 86 valence electrons. The zero-order valence-corrected chi connectivity index (χ0v) is 8.99. The Labute approximate surface area is 98.0 Å². The molecule has 0 aliphatic carbocycles. The summed E-state index contributed by atoms with van der Waals surface area (Å²) < 4.78 is 31.0. The van der Waals surface area contributed by atoms with Gasteiger partial charge in [-0.2, -0.15) is 0 Å². The molecule has 0 aliphatic rings. The zero-order valence-electron chi connectivity index (χ0n) is 8.99. The molecule has 1 nitrogen and oxygen atoms in total. The molecule has 0 aromatic heterocycles. The Balaban J connectivity index is 2.19. The largest absolute Gasteiger partial charge is 0.457 e. The van der Waals surface area contributed by atoms with Crippen molar-refractivity contribution in [2.45, 2.75) is 0 Å². The van der Waals surface area contributed by atoms with Gasteiger partial charge in [0.15, 0.2) is 11.6 Å². The third kappa shape index (κ3) is 2.69. The highest BCUT2D eigenvalue weighted by atomic mass is 19.2. The predicted octanol–water partition coefficient (Wildman–Crippen LogP) is 4.40. The van der Waals surface area contributed by atoms with Gasteiger partial charge in [0.2, 0.25) is 0 Å². The number of hydrogen-bond donors (Lipinski definition) is 0. The van der Waals surface area contributed by atoms with E-state index in [2.05, 4.69) is 6.58 Å². The topological polar surface area (TPSA) is 9.23 Å². The molecule has 0 atom stereocenters. The summed E-state index contributed by atoms with van der Waals surface area (Å²) in [6.45, 7) is 3.63. The first-order chi connectivity index (χ1) is 8.19. The van der Waals surface area contributed by atoms with Crippen molar-refractivity contribution >= 4 is 6.08 Å². The van der Waals surface area contributed by atoms with Crippen LogP contribution in [0.1, 0.15) is 5.56 Å². The minimum Gasteiger partial charge on any atom is -0.457 e. The third-order valence-electron chi connectivity index (χ3n) is 2.24. The smallest absolute Gasteiger partial charge is 0.162 e. The van der Waals surface area contributed by atoms with Gasteiger partial charge in [-0.05, 0) is 29.8 Å². The number of benzene rings is 2. The molecule has 0 aliphatic heterocycles. The molecular formula is C14H10F2O. The Morgan fingerprint density at radius 2 is 1.53 bits per heavy atom. The molecule has 0 radical (unpaired) electrons. The van der Waals surface area contributed by atoms with Gasteiger partial charge >= 0.3 is 0 Å². The molecule has 0 fully saturated rings. The lowest BCUT2D eigenvalue weighted by Gasteiger charge is -2.06. The molecule has 0 saturated carbocycles. The third-order valence-corrected chi connectivity index (χ3v) is 2.24. The quantitative estimate of drug-likeness (QED) is 0.762. The molecule has 0 bridgehead atoms. The highest BCUT2D eigenvalue weighted by Crippen LogP contribution is 2.23. The molecule has 2 aromatic carbocycles. The molecular weight excluding hydrogens is 222 g/mol. The van der Waals surface area contributed by atoms with Gasteiger partial charge < -0.3 is 4.74 Å². The van der Waals surface area contributed by atoms with Crippen molar-refractivity contribution in [2.75, 3.05) is 0 Å². The van der Waals surface area contributed by atoms with E-state index in [4.69, 9.17) is 4.74 Å². The van der Waals surface area contributed by atoms with Crippen LogP contribution in [0.4, 0.5) is 8.78 Å². The van der Waals surface area contributed by atoms with E-state index in [0.29, 0.717) is 5.75 Å². The van der Waals surface area contributed by atoms with Gasteiger partial charge in [0.1, 0.15) is 11.5 Å². The second-order valence-electron chi connectivity index (χ2n) is 3.45. The molecule has 17 heavy (non-hydrogen) atoms. The first-order valence-electron chi connectivity index (χ1n) is 5.04. The summed E-state index contributed by atoms with van der Waals surface area (Å²) in [5.41, 5.74) is 0.961. The standard InChI is InChI=1S/C14H10F2O/c1-2-10-3-5-11(6-4-10)17-12-7-8-13(15)14(16)9-12/h2-9H,1H2. The van der Waals surface area contributed by atoms with Crippen molar-refractivity contribution < 1.29 is 13.5 Å². The zero-order chi connectivity index (χ0) is 12.3. The van der Waals surface area contributed by atoms with Crippen molar-refractivity contribution in [3.05, 3.63) is 66.2 Å². The van der Waals surface area contributed by atoms with Crippen LogP contribution in [0.25, 0.3) is 6.08 Å². The van der Waals surface area contributed by atoms with Crippen LogP contribution in [-0.2, 0) is 0 Å². The Kier molecular flexibility index (Phi) is 3.19. The fourth-order valence-corrected chi connectivity index (χ4v) is 1.35. The summed E-state index contributed by atoms with van der Waals surface area (Å²) in [5.74, 6) is -0.999. The minimum atomic E-state index is -0.926. The molecule has 0 unspecified atom stereocenters. The summed E-state index contributed by atoms with van der Waals surface area (Å²) >= 11 is 0. The lowest BCUT2D eigenvalue weighted by Crippen LogP contribution is -1.88. The van der Waals surface area contributed by atoms with Crippen LogP contribution in [0.5, 0.6) is 11.5 Å². The number of halogens is 2. The van der Waals surface area contributed by atoms with E-state index in [1.54, 1.807) is 18.2 Å².